The van der Waals surface area contributed by atoms with Gasteiger partial charge in [0.1, 0.15) is 6.10 Å². The molecular formula is C11H9F3O4. The first-order valence-corrected chi connectivity index (χ1v) is 4.85. The van der Waals surface area contributed by atoms with Gasteiger partial charge in [0.15, 0.2) is 0 Å². The summed E-state index contributed by atoms with van der Waals surface area (Å²) in [6.45, 7) is 0. The number of ether oxygens (including phenoxy) is 1. The molecule has 0 aliphatic carbocycles. The standard InChI is InChI=1S/C11H9F3O4/c12-11(13,14)10(17)18-8(6-9(15)16)7-4-2-1-3-5-7/h1-5,8H,6H2,(H,15,16). The Balaban J connectivity index is 2.87. The molecule has 1 aromatic rings. The van der Waals surface area contributed by atoms with Crippen molar-refractivity contribution in [1.82, 2.24) is 0 Å². The molecule has 0 saturated carbocycles. The van der Waals surface area contributed by atoms with E-state index in [2.05, 4.69) is 4.74 Å². The van der Waals surface area contributed by atoms with Gasteiger partial charge in [0, 0.05) is 0 Å². The van der Waals surface area contributed by atoms with Crippen molar-refractivity contribution in [3.05, 3.63) is 35.9 Å². The Morgan fingerprint density at radius 3 is 2.22 bits per heavy atom. The molecule has 1 atom stereocenters. The Bertz CT molecular complexity index is 428. The van der Waals surface area contributed by atoms with E-state index in [4.69, 9.17) is 5.11 Å². The Labute approximate surface area is 100.0 Å². The van der Waals surface area contributed by atoms with Crippen LogP contribution in [0.15, 0.2) is 30.3 Å². The van der Waals surface area contributed by atoms with Crippen LogP contribution in [0.5, 0.6) is 0 Å². The molecule has 98 valence electrons. The fourth-order valence-electron chi connectivity index (χ4n) is 1.25. The van der Waals surface area contributed by atoms with Gasteiger partial charge in [-0.15, -0.1) is 0 Å². The smallest absolute Gasteiger partial charge is 0.481 e. The fraction of sp³-hybridized carbons (Fsp3) is 0.273. The summed E-state index contributed by atoms with van der Waals surface area (Å²) in [6, 6.07) is 7.39. The first kappa shape index (κ1) is 14.0. The minimum Gasteiger partial charge on any atom is -0.481 e. The van der Waals surface area contributed by atoms with Gasteiger partial charge in [-0.1, -0.05) is 30.3 Å². The minimum atomic E-state index is -5.15. The second kappa shape index (κ2) is 5.52. The number of halogens is 3. The molecule has 0 aliphatic rings. The SMILES string of the molecule is O=C(O)CC(OC(=O)C(F)(F)F)c1ccccc1. The summed E-state index contributed by atoms with van der Waals surface area (Å²) in [5.41, 5.74) is 0.192. The molecule has 0 fully saturated rings. The highest BCUT2D eigenvalue weighted by Crippen LogP contribution is 2.26. The van der Waals surface area contributed by atoms with Gasteiger partial charge in [-0.05, 0) is 5.56 Å². The summed E-state index contributed by atoms with van der Waals surface area (Å²) < 4.78 is 40.3. The van der Waals surface area contributed by atoms with Crippen LogP contribution in [0.4, 0.5) is 13.2 Å². The summed E-state index contributed by atoms with van der Waals surface area (Å²) in [6.07, 6.45) is -7.34. The number of carbonyl (C=O) groups is 2. The predicted molar refractivity (Wildman–Crippen MR) is 53.6 cm³/mol. The molecule has 0 bridgehead atoms. The Hall–Kier alpha value is -2.05. The Morgan fingerprint density at radius 2 is 1.78 bits per heavy atom. The number of carboxylic acid groups (broad SMARTS) is 1. The van der Waals surface area contributed by atoms with E-state index in [1.807, 2.05) is 0 Å². The lowest BCUT2D eigenvalue weighted by atomic mass is 10.1. The minimum absolute atomic E-state index is 0.192. The molecule has 0 heterocycles. The second-order valence-corrected chi connectivity index (χ2v) is 3.40. The molecule has 7 heteroatoms. The molecule has 1 rings (SSSR count). The predicted octanol–water partition coefficient (Wildman–Crippen LogP) is 2.31. The summed E-state index contributed by atoms with van der Waals surface area (Å²) in [5, 5.41) is 8.59. The van der Waals surface area contributed by atoms with Crippen LogP contribution < -0.4 is 0 Å². The quantitative estimate of drug-likeness (QED) is 0.846. The average Bonchev–Trinajstić information content (AvgIpc) is 2.27. The van der Waals surface area contributed by atoms with Crippen LogP contribution in [-0.2, 0) is 14.3 Å². The zero-order valence-electron chi connectivity index (χ0n) is 8.98. The van der Waals surface area contributed by atoms with Gasteiger partial charge in [0.05, 0.1) is 6.42 Å². The topological polar surface area (TPSA) is 63.6 Å². The third-order valence-corrected chi connectivity index (χ3v) is 2.01. The Kier molecular flexibility index (Phi) is 4.30. The second-order valence-electron chi connectivity index (χ2n) is 3.40. The molecule has 0 aromatic heterocycles. The van der Waals surface area contributed by atoms with Crippen LogP contribution in [-0.4, -0.2) is 23.2 Å². The van der Waals surface area contributed by atoms with Crippen LogP contribution in [0.25, 0.3) is 0 Å². The third-order valence-electron chi connectivity index (χ3n) is 2.01. The van der Waals surface area contributed by atoms with Crippen molar-refractivity contribution in [2.75, 3.05) is 0 Å². The molecule has 1 aromatic carbocycles. The molecule has 0 saturated heterocycles. The number of rotatable bonds is 4. The van der Waals surface area contributed by atoms with Crippen LogP contribution in [0.3, 0.4) is 0 Å². The number of hydrogen-bond donors (Lipinski definition) is 1. The molecule has 4 nitrogen and oxygen atoms in total. The van der Waals surface area contributed by atoms with E-state index in [1.165, 1.54) is 24.3 Å². The molecule has 18 heavy (non-hydrogen) atoms. The first-order chi connectivity index (χ1) is 8.30. The van der Waals surface area contributed by atoms with E-state index in [0.717, 1.165) is 0 Å². The van der Waals surface area contributed by atoms with Gasteiger partial charge in [0.25, 0.3) is 0 Å². The lowest BCUT2D eigenvalue weighted by molar-refractivity contribution is -0.206. The molecule has 0 radical (unpaired) electrons. The third kappa shape index (κ3) is 4.08. The number of alkyl halides is 3. The van der Waals surface area contributed by atoms with Gasteiger partial charge >= 0.3 is 18.1 Å². The zero-order valence-corrected chi connectivity index (χ0v) is 8.98. The molecule has 0 amide bonds. The monoisotopic (exact) mass is 262 g/mol. The highest BCUT2D eigenvalue weighted by Gasteiger charge is 2.42. The maximum Gasteiger partial charge on any atom is 0.490 e. The zero-order chi connectivity index (χ0) is 13.8. The molecule has 1 unspecified atom stereocenters. The van der Waals surface area contributed by atoms with E-state index >= 15 is 0 Å². The normalized spacial score (nSPS) is 12.8. The van der Waals surface area contributed by atoms with Gasteiger partial charge in [0.2, 0.25) is 0 Å². The van der Waals surface area contributed by atoms with Gasteiger partial charge < -0.3 is 9.84 Å². The first-order valence-electron chi connectivity index (χ1n) is 4.85. The van der Waals surface area contributed by atoms with Gasteiger partial charge in [-0.3, -0.25) is 4.79 Å². The van der Waals surface area contributed by atoms with Crippen LogP contribution in [0.2, 0.25) is 0 Å². The van der Waals surface area contributed by atoms with E-state index in [1.54, 1.807) is 6.07 Å². The van der Waals surface area contributed by atoms with E-state index < -0.39 is 30.6 Å². The van der Waals surface area contributed by atoms with Crippen LogP contribution in [0.1, 0.15) is 18.1 Å². The van der Waals surface area contributed by atoms with Crippen LogP contribution >= 0.6 is 0 Å². The lowest BCUT2D eigenvalue weighted by Gasteiger charge is -2.17. The number of benzene rings is 1. The largest absolute Gasteiger partial charge is 0.490 e. The summed E-state index contributed by atoms with van der Waals surface area (Å²) >= 11 is 0. The fourth-order valence-corrected chi connectivity index (χ4v) is 1.25. The van der Waals surface area contributed by atoms with Crippen molar-refractivity contribution in [2.24, 2.45) is 0 Å². The molecular weight excluding hydrogens is 253 g/mol. The van der Waals surface area contributed by atoms with E-state index in [0.29, 0.717) is 0 Å². The maximum absolute atomic E-state index is 12.0. The van der Waals surface area contributed by atoms with Crippen molar-refractivity contribution >= 4 is 11.9 Å². The molecule has 0 spiro atoms. The van der Waals surface area contributed by atoms with Crippen molar-refractivity contribution in [2.45, 2.75) is 18.7 Å². The average molecular weight is 262 g/mol. The summed E-state index contributed by atoms with van der Waals surface area (Å²) in [5.74, 6) is -3.77. The number of carbonyl (C=O) groups excluding carboxylic acids is 1. The number of hydrogen-bond acceptors (Lipinski definition) is 3. The highest BCUT2D eigenvalue weighted by atomic mass is 19.4. The maximum atomic E-state index is 12.0. The van der Waals surface area contributed by atoms with Crippen molar-refractivity contribution < 1.29 is 32.6 Å². The highest BCUT2D eigenvalue weighted by molar-refractivity contribution is 5.76. The summed E-state index contributed by atoms with van der Waals surface area (Å²) in [7, 11) is 0. The van der Waals surface area contributed by atoms with E-state index in [-0.39, 0.29) is 5.56 Å². The summed E-state index contributed by atoms with van der Waals surface area (Å²) in [4.78, 5) is 21.2. The van der Waals surface area contributed by atoms with Gasteiger partial charge in [-0.25, -0.2) is 4.79 Å². The van der Waals surface area contributed by atoms with Crippen molar-refractivity contribution in [3.63, 3.8) is 0 Å². The van der Waals surface area contributed by atoms with Crippen LogP contribution in [0, 0.1) is 0 Å². The lowest BCUT2D eigenvalue weighted by Crippen LogP contribution is -2.28. The molecule has 0 aliphatic heterocycles. The number of aliphatic carboxylic acids is 1. The van der Waals surface area contributed by atoms with Crippen molar-refractivity contribution in [3.8, 4) is 0 Å². The number of esters is 1. The molecule has 1 N–H and O–H groups in total. The Morgan fingerprint density at radius 1 is 1.22 bits per heavy atom. The van der Waals surface area contributed by atoms with E-state index in [9.17, 15) is 22.8 Å². The number of carboxylic acids is 1. The van der Waals surface area contributed by atoms with Gasteiger partial charge in [-0.2, -0.15) is 13.2 Å². The van der Waals surface area contributed by atoms with Crippen molar-refractivity contribution in [1.29, 1.82) is 0 Å².